The Hall–Kier alpha value is -0.570. The number of aliphatic hydroxyl groups is 1. The number of ether oxygens (including phenoxy) is 1. The highest BCUT2D eigenvalue weighted by Gasteiger charge is 2.03. The molecule has 0 fully saturated rings. The van der Waals surface area contributed by atoms with Crippen molar-refractivity contribution in [2.45, 2.75) is 32.2 Å². The zero-order chi connectivity index (χ0) is 10.9. The van der Waals surface area contributed by atoms with Crippen molar-refractivity contribution >= 4 is 11.6 Å². The molecule has 0 aromatic heterocycles. The first-order chi connectivity index (χ1) is 7.33. The summed E-state index contributed by atoms with van der Waals surface area (Å²) in [5, 5.41) is 9.47. The molecule has 0 bridgehead atoms. The maximum atomic E-state index is 9.47. The normalized spacial score (nSPS) is 12.7. The summed E-state index contributed by atoms with van der Waals surface area (Å²) in [6, 6.07) is 9.83. The third kappa shape index (κ3) is 5.78. The molecule has 84 valence electrons. The number of unbranched alkanes of at least 4 members (excludes halogenated alkanes) is 1. The molecule has 1 unspecified atom stereocenters. The van der Waals surface area contributed by atoms with Gasteiger partial charge in [0.1, 0.15) is 0 Å². The fourth-order valence-corrected chi connectivity index (χ4v) is 1.45. The van der Waals surface area contributed by atoms with Crippen molar-refractivity contribution in [2.75, 3.05) is 5.88 Å². The summed E-state index contributed by atoms with van der Waals surface area (Å²) in [5.41, 5.74) is 1.08. The number of halogens is 1. The molecule has 3 heteroatoms. The lowest BCUT2D eigenvalue weighted by Crippen LogP contribution is -2.11. The van der Waals surface area contributed by atoms with Gasteiger partial charge < -0.3 is 9.84 Å². The van der Waals surface area contributed by atoms with E-state index in [2.05, 4.69) is 0 Å². The molecule has 0 aliphatic heterocycles. The minimum atomic E-state index is -0.673. The topological polar surface area (TPSA) is 29.5 Å². The molecule has 1 aromatic carbocycles. The average Bonchev–Trinajstić information content (AvgIpc) is 2.28. The van der Waals surface area contributed by atoms with E-state index in [1.165, 1.54) is 0 Å². The van der Waals surface area contributed by atoms with Gasteiger partial charge in [0.25, 0.3) is 0 Å². The molecule has 2 nitrogen and oxygen atoms in total. The molecule has 0 radical (unpaired) electrons. The Morgan fingerprint density at radius 2 is 1.93 bits per heavy atom. The van der Waals surface area contributed by atoms with Gasteiger partial charge in [-0.1, -0.05) is 30.3 Å². The summed E-state index contributed by atoms with van der Waals surface area (Å²) in [7, 11) is 0. The van der Waals surface area contributed by atoms with Crippen LogP contribution in [0.15, 0.2) is 30.3 Å². The minimum Gasteiger partial charge on any atom is -0.368 e. The van der Waals surface area contributed by atoms with E-state index in [0.29, 0.717) is 18.9 Å². The lowest BCUT2D eigenvalue weighted by atomic mass is 10.2. The van der Waals surface area contributed by atoms with Crippen molar-refractivity contribution in [1.29, 1.82) is 0 Å². The van der Waals surface area contributed by atoms with Crippen LogP contribution in [0.25, 0.3) is 0 Å². The second-order valence-corrected chi connectivity index (χ2v) is 3.81. The summed E-state index contributed by atoms with van der Waals surface area (Å²) in [4.78, 5) is 0. The lowest BCUT2D eigenvalue weighted by Gasteiger charge is -2.11. The van der Waals surface area contributed by atoms with Gasteiger partial charge in [0, 0.05) is 5.88 Å². The van der Waals surface area contributed by atoms with Crippen LogP contribution in [-0.2, 0) is 11.3 Å². The van der Waals surface area contributed by atoms with Gasteiger partial charge in [-0.25, -0.2) is 0 Å². The maximum absolute atomic E-state index is 9.47. The van der Waals surface area contributed by atoms with E-state index in [9.17, 15) is 5.11 Å². The van der Waals surface area contributed by atoms with Gasteiger partial charge in [-0.2, -0.15) is 0 Å². The van der Waals surface area contributed by atoms with Crippen LogP contribution in [0.4, 0.5) is 0 Å². The highest BCUT2D eigenvalue weighted by molar-refractivity contribution is 6.17. The van der Waals surface area contributed by atoms with Crippen molar-refractivity contribution < 1.29 is 9.84 Å². The van der Waals surface area contributed by atoms with Gasteiger partial charge in [0.15, 0.2) is 6.29 Å². The molecule has 15 heavy (non-hydrogen) atoms. The number of rotatable bonds is 7. The third-order valence-electron chi connectivity index (χ3n) is 2.12. The SMILES string of the molecule is OC(CCCCCl)OCc1ccccc1. The Labute approximate surface area is 95.8 Å². The fraction of sp³-hybridized carbons (Fsp3) is 0.500. The van der Waals surface area contributed by atoms with E-state index in [-0.39, 0.29) is 0 Å². The van der Waals surface area contributed by atoms with Crippen LogP contribution in [-0.4, -0.2) is 17.3 Å². The number of hydrogen-bond donors (Lipinski definition) is 1. The molecular formula is C12H17ClO2. The van der Waals surface area contributed by atoms with E-state index in [0.717, 1.165) is 18.4 Å². The predicted molar refractivity (Wildman–Crippen MR) is 61.8 cm³/mol. The summed E-state index contributed by atoms with van der Waals surface area (Å²) in [6.07, 6.45) is 1.81. The van der Waals surface area contributed by atoms with Gasteiger partial charge in [0.2, 0.25) is 0 Å². The van der Waals surface area contributed by atoms with Crippen LogP contribution >= 0.6 is 11.6 Å². The third-order valence-corrected chi connectivity index (χ3v) is 2.39. The molecule has 1 aromatic rings. The minimum absolute atomic E-state index is 0.461. The smallest absolute Gasteiger partial charge is 0.154 e. The van der Waals surface area contributed by atoms with E-state index in [1.807, 2.05) is 30.3 Å². The summed E-state index contributed by atoms with van der Waals surface area (Å²) >= 11 is 5.54. The monoisotopic (exact) mass is 228 g/mol. The highest BCUT2D eigenvalue weighted by Crippen LogP contribution is 2.07. The van der Waals surface area contributed by atoms with Gasteiger partial charge in [0.05, 0.1) is 6.61 Å². The largest absolute Gasteiger partial charge is 0.368 e. The maximum Gasteiger partial charge on any atom is 0.154 e. The Morgan fingerprint density at radius 3 is 2.60 bits per heavy atom. The standard InChI is InChI=1S/C12H17ClO2/c13-9-5-4-8-12(14)15-10-11-6-2-1-3-7-11/h1-3,6-7,12,14H,4-5,8-10H2. The first-order valence-corrected chi connectivity index (χ1v) is 5.76. The molecule has 1 N–H and O–H groups in total. The molecule has 0 saturated heterocycles. The van der Waals surface area contributed by atoms with Crippen molar-refractivity contribution in [1.82, 2.24) is 0 Å². The van der Waals surface area contributed by atoms with Crippen LogP contribution in [0.1, 0.15) is 24.8 Å². The van der Waals surface area contributed by atoms with Crippen LogP contribution in [0.2, 0.25) is 0 Å². The molecule has 1 atom stereocenters. The van der Waals surface area contributed by atoms with Crippen LogP contribution in [0.3, 0.4) is 0 Å². The van der Waals surface area contributed by atoms with Crippen molar-refractivity contribution in [3.8, 4) is 0 Å². The Morgan fingerprint density at radius 1 is 1.20 bits per heavy atom. The number of alkyl halides is 1. The van der Waals surface area contributed by atoms with Crippen LogP contribution in [0, 0.1) is 0 Å². The Balaban J connectivity index is 2.14. The highest BCUT2D eigenvalue weighted by atomic mass is 35.5. The molecule has 1 rings (SSSR count). The molecule has 0 aliphatic rings. The van der Waals surface area contributed by atoms with E-state index in [1.54, 1.807) is 0 Å². The lowest BCUT2D eigenvalue weighted by molar-refractivity contribution is -0.112. The average molecular weight is 229 g/mol. The zero-order valence-electron chi connectivity index (χ0n) is 8.73. The van der Waals surface area contributed by atoms with Crippen molar-refractivity contribution in [3.05, 3.63) is 35.9 Å². The van der Waals surface area contributed by atoms with Gasteiger partial charge in [-0.3, -0.25) is 0 Å². The molecule has 0 saturated carbocycles. The van der Waals surface area contributed by atoms with E-state index >= 15 is 0 Å². The zero-order valence-corrected chi connectivity index (χ0v) is 9.49. The predicted octanol–water partition coefficient (Wildman–Crippen LogP) is 2.93. The summed E-state index contributed by atoms with van der Waals surface area (Å²) in [6.45, 7) is 0.461. The second kappa shape index (κ2) is 7.69. The molecular weight excluding hydrogens is 212 g/mol. The number of aliphatic hydroxyl groups excluding tert-OH is 1. The summed E-state index contributed by atoms with van der Waals surface area (Å²) in [5.74, 6) is 0.644. The molecule has 0 amide bonds. The van der Waals surface area contributed by atoms with Crippen molar-refractivity contribution in [3.63, 3.8) is 0 Å². The Kier molecular flexibility index (Phi) is 6.41. The van der Waals surface area contributed by atoms with Crippen molar-refractivity contribution in [2.24, 2.45) is 0 Å². The fourth-order valence-electron chi connectivity index (χ4n) is 1.26. The van der Waals surface area contributed by atoms with Gasteiger partial charge in [-0.05, 0) is 24.8 Å². The van der Waals surface area contributed by atoms with Gasteiger partial charge >= 0.3 is 0 Å². The van der Waals surface area contributed by atoms with E-state index in [4.69, 9.17) is 16.3 Å². The molecule has 0 spiro atoms. The van der Waals surface area contributed by atoms with E-state index < -0.39 is 6.29 Å². The first-order valence-electron chi connectivity index (χ1n) is 5.22. The summed E-state index contributed by atoms with van der Waals surface area (Å²) < 4.78 is 5.29. The molecule has 0 heterocycles. The van der Waals surface area contributed by atoms with Crippen LogP contribution in [0.5, 0.6) is 0 Å². The van der Waals surface area contributed by atoms with Crippen LogP contribution < -0.4 is 0 Å². The first kappa shape index (κ1) is 12.5. The quantitative estimate of drug-likeness (QED) is 0.442. The molecule has 0 aliphatic carbocycles. The van der Waals surface area contributed by atoms with Gasteiger partial charge in [-0.15, -0.1) is 11.6 Å². The number of benzene rings is 1. The second-order valence-electron chi connectivity index (χ2n) is 3.44. The Bertz CT molecular complexity index is 251. The number of hydrogen-bond acceptors (Lipinski definition) is 2.